The van der Waals surface area contributed by atoms with E-state index in [-0.39, 0.29) is 5.92 Å². The summed E-state index contributed by atoms with van der Waals surface area (Å²) in [6, 6.07) is 0. The van der Waals surface area contributed by atoms with E-state index in [0.717, 1.165) is 0 Å². The van der Waals surface area contributed by atoms with Crippen molar-refractivity contribution in [3.8, 4) is 0 Å². The molecule has 0 saturated carbocycles. The van der Waals surface area contributed by atoms with Crippen LogP contribution < -0.4 is 0 Å². The highest BCUT2D eigenvalue weighted by Gasteiger charge is 2.13. The molecule has 0 heterocycles. The Labute approximate surface area is 49.5 Å². The molecule has 1 atom stereocenters. The van der Waals surface area contributed by atoms with Crippen LogP contribution in [0.25, 0.3) is 0 Å². The van der Waals surface area contributed by atoms with Crippen molar-refractivity contribution in [1.82, 2.24) is 0 Å². The Morgan fingerprint density at radius 3 is 2.00 bits per heavy atom. The van der Waals surface area contributed by atoms with Gasteiger partial charge in [0.15, 0.2) is 0 Å². The summed E-state index contributed by atoms with van der Waals surface area (Å²) in [6.45, 7) is 7.12. The second-order valence-electron chi connectivity index (χ2n) is 2.19. The van der Waals surface area contributed by atoms with Crippen LogP contribution in [0, 0.1) is 18.8 Å². The zero-order valence-corrected chi connectivity index (χ0v) is 5.22. The van der Waals surface area contributed by atoms with E-state index in [1.54, 1.807) is 0 Å². The lowest BCUT2D eigenvalue weighted by Crippen LogP contribution is -2.15. The second-order valence-corrected chi connectivity index (χ2v) is 2.19. The molecule has 2 heteroatoms. The summed E-state index contributed by atoms with van der Waals surface area (Å²) in [6.07, 6.45) is 0. The van der Waals surface area contributed by atoms with Crippen LogP contribution in [-0.2, 0) is 4.79 Å². The van der Waals surface area contributed by atoms with E-state index >= 15 is 0 Å². The van der Waals surface area contributed by atoms with E-state index < -0.39 is 11.9 Å². The number of carboxylic acid groups (broad SMARTS) is 1. The first-order valence-corrected chi connectivity index (χ1v) is 2.61. The summed E-state index contributed by atoms with van der Waals surface area (Å²) in [7, 11) is 0. The first kappa shape index (κ1) is 7.47. The zero-order valence-electron chi connectivity index (χ0n) is 5.22. The first-order valence-electron chi connectivity index (χ1n) is 2.61. The molecule has 0 spiro atoms. The molecule has 1 unspecified atom stereocenters. The van der Waals surface area contributed by atoms with Crippen LogP contribution in [0.3, 0.4) is 0 Å². The third kappa shape index (κ3) is 1.96. The summed E-state index contributed by atoms with van der Waals surface area (Å²) >= 11 is 0. The molecule has 0 aromatic rings. The Morgan fingerprint density at radius 1 is 1.62 bits per heavy atom. The van der Waals surface area contributed by atoms with Gasteiger partial charge in [0.1, 0.15) is 0 Å². The predicted molar refractivity (Wildman–Crippen MR) is 31.3 cm³/mol. The monoisotopic (exact) mass is 115 g/mol. The Hall–Kier alpha value is -0.530. The molecule has 0 aliphatic rings. The van der Waals surface area contributed by atoms with E-state index in [9.17, 15) is 4.79 Å². The Morgan fingerprint density at radius 2 is 2.00 bits per heavy atom. The lowest BCUT2D eigenvalue weighted by molar-refractivity contribution is -0.141. The van der Waals surface area contributed by atoms with Gasteiger partial charge in [-0.05, 0) is 12.8 Å². The maximum atomic E-state index is 10.1. The average Bonchev–Trinajstić information content (AvgIpc) is 1.64. The molecule has 0 aromatic heterocycles. The molecule has 0 aliphatic heterocycles. The van der Waals surface area contributed by atoms with Crippen LogP contribution in [0.2, 0.25) is 0 Å². The fourth-order valence-electron chi connectivity index (χ4n) is 0.285. The van der Waals surface area contributed by atoms with Gasteiger partial charge in [0.05, 0.1) is 5.92 Å². The van der Waals surface area contributed by atoms with Crippen LogP contribution >= 0.6 is 0 Å². The standard InChI is InChI=1S/C6H11O2/c1-4(2)5(3)6(7)8/h4-5H,3H2,1-2H3,(H,7,8). The van der Waals surface area contributed by atoms with Crippen LogP contribution in [0.5, 0.6) is 0 Å². The van der Waals surface area contributed by atoms with Gasteiger partial charge in [-0.3, -0.25) is 4.79 Å². The van der Waals surface area contributed by atoms with Crippen molar-refractivity contribution in [3.05, 3.63) is 6.92 Å². The van der Waals surface area contributed by atoms with Gasteiger partial charge in [-0.25, -0.2) is 0 Å². The summed E-state index contributed by atoms with van der Waals surface area (Å²) in [4.78, 5) is 10.1. The van der Waals surface area contributed by atoms with Crippen molar-refractivity contribution in [2.75, 3.05) is 0 Å². The number of rotatable bonds is 2. The van der Waals surface area contributed by atoms with Gasteiger partial charge in [-0.1, -0.05) is 13.8 Å². The number of hydrogen-bond acceptors (Lipinski definition) is 1. The van der Waals surface area contributed by atoms with Crippen molar-refractivity contribution in [3.63, 3.8) is 0 Å². The Balaban J connectivity index is 3.64. The lowest BCUT2D eigenvalue weighted by atomic mass is 9.99. The first-order chi connectivity index (χ1) is 3.55. The van der Waals surface area contributed by atoms with Crippen LogP contribution in [-0.4, -0.2) is 11.1 Å². The van der Waals surface area contributed by atoms with Gasteiger partial charge in [-0.15, -0.1) is 0 Å². The maximum absolute atomic E-state index is 10.1. The number of aliphatic carboxylic acids is 1. The molecular formula is C6H11O2. The van der Waals surface area contributed by atoms with Gasteiger partial charge in [-0.2, -0.15) is 0 Å². The van der Waals surface area contributed by atoms with Crippen LogP contribution in [0.1, 0.15) is 13.8 Å². The molecule has 2 nitrogen and oxygen atoms in total. The van der Waals surface area contributed by atoms with E-state index in [2.05, 4.69) is 6.92 Å². The fourth-order valence-corrected chi connectivity index (χ4v) is 0.285. The second kappa shape index (κ2) is 2.70. The minimum absolute atomic E-state index is 0.132. The van der Waals surface area contributed by atoms with Crippen molar-refractivity contribution >= 4 is 5.97 Å². The van der Waals surface area contributed by atoms with Gasteiger partial charge >= 0.3 is 5.97 Å². The number of carboxylic acids is 1. The molecule has 0 fully saturated rings. The van der Waals surface area contributed by atoms with Crippen molar-refractivity contribution in [2.24, 2.45) is 11.8 Å². The van der Waals surface area contributed by atoms with Crippen molar-refractivity contribution in [2.45, 2.75) is 13.8 Å². The number of carbonyl (C=O) groups is 1. The topological polar surface area (TPSA) is 37.3 Å². The fraction of sp³-hybridized carbons (Fsp3) is 0.667. The minimum Gasteiger partial charge on any atom is -0.481 e. The third-order valence-corrected chi connectivity index (χ3v) is 1.12. The van der Waals surface area contributed by atoms with E-state index in [4.69, 9.17) is 5.11 Å². The molecule has 47 valence electrons. The summed E-state index contributed by atoms with van der Waals surface area (Å²) in [5.41, 5.74) is 0. The van der Waals surface area contributed by atoms with Gasteiger partial charge in [0.25, 0.3) is 0 Å². The van der Waals surface area contributed by atoms with E-state index in [1.807, 2.05) is 13.8 Å². The maximum Gasteiger partial charge on any atom is 0.306 e. The summed E-state index contributed by atoms with van der Waals surface area (Å²) in [5, 5.41) is 8.29. The molecule has 0 aliphatic carbocycles. The van der Waals surface area contributed by atoms with Crippen LogP contribution in [0.15, 0.2) is 0 Å². The minimum atomic E-state index is -0.819. The van der Waals surface area contributed by atoms with E-state index in [1.165, 1.54) is 0 Å². The Kier molecular flexibility index (Phi) is 2.52. The van der Waals surface area contributed by atoms with Gasteiger partial charge < -0.3 is 5.11 Å². The highest BCUT2D eigenvalue weighted by Crippen LogP contribution is 2.07. The summed E-state index contributed by atoms with van der Waals surface area (Å²) < 4.78 is 0. The highest BCUT2D eigenvalue weighted by atomic mass is 16.4. The van der Waals surface area contributed by atoms with Crippen molar-refractivity contribution < 1.29 is 9.90 Å². The normalized spacial score (nSPS) is 14.0. The average molecular weight is 115 g/mol. The predicted octanol–water partition coefficient (Wildman–Crippen LogP) is 1.18. The molecular weight excluding hydrogens is 104 g/mol. The SMILES string of the molecule is [CH2]C(C(=O)O)C(C)C. The van der Waals surface area contributed by atoms with Gasteiger partial charge in [0, 0.05) is 0 Å². The lowest BCUT2D eigenvalue weighted by Gasteiger charge is -2.07. The highest BCUT2D eigenvalue weighted by molar-refractivity contribution is 5.70. The largest absolute Gasteiger partial charge is 0.481 e. The van der Waals surface area contributed by atoms with Crippen LogP contribution in [0.4, 0.5) is 0 Å². The molecule has 0 amide bonds. The third-order valence-electron chi connectivity index (χ3n) is 1.12. The molecule has 1 N–H and O–H groups in total. The Bertz CT molecular complexity index is 86.5. The molecule has 0 bridgehead atoms. The molecule has 0 rings (SSSR count). The smallest absolute Gasteiger partial charge is 0.306 e. The quantitative estimate of drug-likeness (QED) is 0.586. The molecule has 0 saturated heterocycles. The summed E-state index contributed by atoms with van der Waals surface area (Å²) in [5.74, 6) is -1.15. The molecule has 1 radical (unpaired) electrons. The van der Waals surface area contributed by atoms with E-state index in [0.29, 0.717) is 0 Å². The molecule has 0 aromatic carbocycles. The zero-order chi connectivity index (χ0) is 6.73. The molecule has 8 heavy (non-hydrogen) atoms. The number of hydrogen-bond donors (Lipinski definition) is 1. The van der Waals surface area contributed by atoms with Crippen molar-refractivity contribution in [1.29, 1.82) is 0 Å². The van der Waals surface area contributed by atoms with Gasteiger partial charge in [0.2, 0.25) is 0 Å².